The SMILES string of the molecule is O=C1CC(c2ccc(C(F)(F)F)cc2)C2=C(CC(c3cccs3)CC2=O)N1. The molecule has 2 aliphatic rings. The number of rotatable bonds is 2. The maximum absolute atomic E-state index is 12.9. The van der Waals surface area contributed by atoms with Gasteiger partial charge in [0.1, 0.15) is 0 Å². The molecule has 0 fully saturated rings. The van der Waals surface area contributed by atoms with Crippen LogP contribution in [0.15, 0.2) is 53.0 Å². The molecule has 1 amide bonds. The molecular weight excluding hydrogens is 375 g/mol. The molecule has 7 heteroatoms. The number of hydrogen-bond donors (Lipinski definition) is 1. The Morgan fingerprint density at radius 1 is 1.00 bits per heavy atom. The zero-order valence-corrected chi connectivity index (χ0v) is 15.0. The lowest BCUT2D eigenvalue weighted by atomic mass is 9.74. The van der Waals surface area contributed by atoms with Crippen molar-refractivity contribution in [3.8, 4) is 0 Å². The molecule has 27 heavy (non-hydrogen) atoms. The molecule has 0 bridgehead atoms. The average molecular weight is 391 g/mol. The second-order valence-electron chi connectivity index (χ2n) is 6.86. The van der Waals surface area contributed by atoms with Gasteiger partial charge in [0.15, 0.2) is 5.78 Å². The summed E-state index contributed by atoms with van der Waals surface area (Å²) in [6.07, 6.45) is -3.43. The Balaban J connectivity index is 1.68. The minimum atomic E-state index is -4.42. The van der Waals surface area contributed by atoms with Gasteiger partial charge in [-0.15, -0.1) is 11.3 Å². The van der Waals surface area contributed by atoms with E-state index >= 15 is 0 Å². The number of thiophene rings is 1. The van der Waals surface area contributed by atoms with Crippen molar-refractivity contribution in [3.63, 3.8) is 0 Å². The molecular formula is C20H16F3NO2S. The number of amides is 1. The molecule has 140 valence electrons. The second-order valence-corrected chi connectivity index (χ2v) is 7.84. The van der Waals surface area contributed by atoms with E-state index in [1.54, 1.807) is 11.3 Å². The van der Waals surface area contributed by atoms with Crippen LogP contribution in [0.4, 0.5) is 13.2 Å². The molecule has 2 heterocycles. The van der Waals surface area contributed by atoms with Gasteiger partial charge in [0.05, 0.1) is 5.56 Å². The fourth-order valence-electron chi connectivity index (χ4n) is 3.87. The van der Waals surface area contributed by atoms with Crippen LogP contribution in [-0.4, -0.2) is 11.7 Å². The van der Waals surface area contributed by atoms with E-state index in [0.717, 1.165) is 17.0 Å². The van der Waals surface area contributed by atoms with Crippen molar-refractivity contribution in [3.05, 3.63) is 69.1 Å². The van der Waals surface area contributed by atoms with Crippen LogP contribution in [0.1, 0.15) is 47.1 Å². The molecule has 2 unspecified atom stereocenters. The number of allylic oxidation sites excluding steroid dienone is 2. The van der Waals surface area contributed by atoms with Gasteiger partial charge >= 0.3 is 6.18 Å². The zero-order chi connectivity index (χ0) is 19.2. The highest BCUT2D eigenvalue weighted by molar-refractivity contribution is 7.10. The fraction of sp³-hybridized carbons (Fsp3) is 0.300. The molecule has 0 saturated heterocycles. The molecule has 3 nitrogen and oxygen atoms in total. The van der Waals surface area contributed by atoms with Gasteiger partial charge in [-0.2, -0.15) is 13.2 Å². The highest BCUT2D eigenvalue weighted by Crippen LogP contribution is 2.43. The molecule has 0 spiro atoms. The zero-order valence-electron chi connectivity index (χ0n) is 14.2. The van der Waals surface area contributed by atoms with E-state index in [-0.39, 0.29) is 24.0 Å². The third-order valence-corrected chi connectivity index (χ3v) is 6.16. The lowest BCUT2D eigenvalue weighted by Crippen LogP contribution is -2.38. The Bertz CT molecular complexity index is 914. The van der Waals surface area contributed by atoms with Crippen LogP contribution in [0.25, 0.3) is 0 Å². The molecule has 2 atom stereocenters. The first-order chi connectivity index (χ1) is 12.8. The van der Waals surface area contributed by atoms with Crippen molar-refractivity contribution in [2.24, 2.45) is 0 Å². The number of benzene rings is 1. The lowest BCUT2D eigenvalue weighted by Gasteiger charge is -2.34. The van der Waals surface area contributed by atoms with Crippen molar-refractivity contribution in [1.29, 1.82) is 0 Å². The quantitative estimate of drug-likeness (QED) is 0.802. The third-order valence-electron chi connectivity index (χ3n) is 5.12. The Hall–Kier alpha value is -2.41. The van der Waals surface area contributed by atoms with Gasteiger partial charge in [-0.1, -0.05) is 18.2 Å². The maximum atomic E-state index is 12.9. The van der Waals surface area contributed by atoms with Gasteiger partial charge < -0.3 is 5.32 Å². The topological polar surface area (TPSA) is 46.2 Å². The van der Waals surface area contributed by atoms with Gasteiger partial charge in [-0.05, 0) is 35.6 Å². The van der Waals surface area contributed by atoms with Crippen molar-refractivity contribution >= 4 is 23.0 Å². The number of halogens is 3. The minimum absolute atomic E-state index is 0.0305. The van der Waals surface area contributed by atoms with Crippen LogP contribution < -0.4 is 5.32 Å². The average Bonchev–Trinajstić information content (AvgIpc) is 3.14. The Morgan fingerprint density at radius 3 is 2.37 bits per heavy atom. The first-order valence-electron chi connectivity index (χ1n) is 8.59. The number of ketones is 1. The normalized spacial score (nSPS) is 23.2. The standard InChI is InChI=1S/C20H16F3NO2S/c21-20(22,23)13-5-3-11(4-6-13)14-10-18(26)24-15-8-12(9-16(25)19(14)15)17-2-1-7-27-17/h1-7,12,14H,8-10H2,(H,24,26). The van der Waals surface area contributed by atoms with Crippen molar-refractivity contribution in [1.82, 2.24) is 5.32 Å². The summed E-state index contributed by atoms with van der Waals surface area (Å²) in [4.78, 5) is 26.2. The van der Waals surface area contributed by atoms with Crippen LogP contribution in [0.5, 0.6) is 0 Å². The Labute approximate surface area is 157 Å². The number of hydrogen-bond acceptors (Lipinski definition) is 3. The summed E-state index contributed by atoms with van der Waals surface area (Å²) < 4.78 is 38.4. The first kappa shape index (κ1) is 18.0. The van der Waals surface area contributed by atoms with Crippen molar-refractivity contribution in [2.75, 3.05) is 0 Å². The molecule has 1 aromatic heterocycles. The smallest absolute Gasteiger partial charge is 0.329 e. The highest BCUT2D eigenvalue weighted by atomic mass is 32.1. The van der Waals surface area contributed by atoms with Gasteiger partial charge in [-0.3, -0.25) is 9.59 Å². The minimum Gasteiger partial charge on any atom is -0.329 e. The summed E-state index contributed by atoms with van der Waals surface area (Å²) in [7, 11) is 0. The molecule has 1 aromatic carbocycles. The predicted octanol–water partition coefficient (Wildman–Crippen LogP) is 4.77. The van der Waals surface area contributed by atoms with E-state index in [2.05, 4.69) is 5.32 Å². The van der Waals surface area contributed by atoms with Crippen LogP contribution in [-0.2, 0) is 15.8 Å². The largest absolute Gasteiger partial charge is 0.416 e. The summed E-state index contributed by atoms with van der Waals surface area (Å²) >= 11 is 1.58. The Kier molecular flexibility index (Phi) is 4.42. The highest BCUT2D eigenvalue weighted by Gasteiger charge is 2.39. The first-order valence-corrected chi connectivity index (χ1v) is 9.47. The summed E-state index contributed by atoms with van der Waals surface area (Å²) in [5.41, 5.74) is 0.981. The van der Waals surface area contributed by atoms with E-state index in [1.165, 1.54) is 12.1 Å². The summed E-state index contributed by atoms with van der Waals surface area (Å²) in [6.45, 7) is 0. The maximum Gasteiger partial charge on any atom is 0.416 e. The van der Waals surface area contributed by atoms with E-state index < -0.39 is 17.7 Å². The molecule has 0 saturated carbocycles. The monoisotopic (exact) mass is 391 g/mol. The third kappa shape index (κ3) is 3.43. The van der Waals surface area contributed by atoms with E-state index in [1.807, 2.05) is 17.5 Å². The van der Waals surface area contributed by atoms with Gasteiger partial charge in [0, 0.05) is 40.8 Å². The van der Waals surface area contributed by atoms with Gasteiger partial charge in [-0.25, -0.2) is 0 Å². The molecule has 1 N–H and O–H groups in total. The molecule has 1 aliphatic carbocycles. The molecule has 2 aromatic rings. The summed E-state index contributed by atoms with van der Waals surface area (Å²) in [5.74, 6) is -0.714. The second kappa shape index (κ2) is 6.64. The van der Waals surface area contributed by atoms with E-state index in [0.29, 0.717) is 29.7 Å². The number of alkyl halides is 3. The summed E-state index contributed by atoms with van der Waals surface area (Å²) in [6, 6.07) is 8.66. The van der Waals surface area contributed by atoms with Crippen LogP contribution in [0.2, 0.25) is 0 Å². The number of Topliss-reactive ketones (excluding diaryl/α,β-unsaturated/α-hetero) is 1. The van der Waals surface area contributed by atoms with Crippen LogP contribution in [0, 0.1) is 0 Å². The summed E-state index contributed by atoms with van der Waals surface area (Å²) in [5, 5.41) is 4.77. The van der Waals surface area contributed by atoms with E-state index in [4.69, 9.17) is 0 Å². The van der Waals surface area contributed by atoms with Crippen LogP contribution in [0.3, 0.4) is 0 Å². The van der Waals surface area contributed by atoms with E-state index in [9.17, 15) is 22.8 Å². The van der Waals surface area contributed by atoms with Gasteiger partial charge in [0.25, 0.3) is 0 Å². The van der Waals surface area contributed by atoms with Crippen molar-refractivity contribution in [2.45, 2.75) is 37.3 Å². The molecule has 0 radical (unpaired) electrons. The Morgan fingerprint density at radius 2 is 1.74 bits per heavy atom. The van der Waals surface area contributed by atoms with Crippen molar-refractivity contribution < 1.29 is 22.8 Å². The predicted molar refractivity (Wildman–Crippen MR) is 95.3 cm³/mol. The number of nitrogens with one attached hydrogen (secondary N) is 1. The molecule has 4 rings (SSSR count). The number of carbonyl (C=O) groups excluding carboxylic acids is 2. The fourth-order valence-corrected chi connectivity index (χ4v) is 4.70. The van der Waals surface area contributed by atoms with Crippen LogP contribution >= 0.6 is 11.3 Å². The molecule has 1 aliphatic heterocycles. The number of carbonyl (C=O) groups is 2. The van der Waals surface area contributed by atoms with Gasteiger partial charge in [0.2, 0.25) is 5.91 Å². The lowest BCUT2D eigenvalue weighted by molar-refractivity contribution is -0.137.